The van der Waals surface area contributed by atoms with Gasteiger partial charge in [0.2, 0.25) is 5.43 Å². The molecule has 0 bridgehead atoms. The highest BCUT2D eigenvalue weighted by atomic mass is 16.5. The second-order valence-corrected chi connectivity index (χ2v) is 4.95. The molecule has 3 aromatic rings. The molecule has 0 amide bonds. The van der Waals surface area contributed by atoms with Gasteiger partial charge < -0.3 is 19.4 Å². The van der Waals surface area contributed by atoms with E-state index in [1.165, 1.54) is 6.26 Å². The summed E-state index contributed by atoms with van der Waals surface area (Å²) in [5.41, 5.74) is 1.22. The zero-order chi connectivity index (χ0) is 15.9. The number of phenolic OH excluding ortho intramolecular Hbond substituents is 2. The SMILES string of the molecule is COc1ccc(-c2coc3c(C)c(O)cc(O)c3c2=O)cc1. The van der Waals surface area contributed by atoms with E-state index in [2.05, 4.69) is 0 Å². The number of hydrogen-bond donors (Lipinski definition) is 2. The molecule has 0 aliphatic heterocycles. The van der Waals surface area contributed by atoms with E-state index in [1.54, 1.807) is 38.3 Å². The highest BCUT2D eigenvalue weighted by Crippen LogP contribution is 2.33. The van der Waals surface area contributed by atoms with Crippen molar-refractivity contribution in [2.24, 2.45) is 0 Å². The molecule has 0 spiro atoms. The maximum atomic E-state index is 12.6. The van der Waals surface area contributed by atoms with Gasteiger partial charge in [0.25, 0.3) is 0 Å². The van der Waals surface area contributed by atoms with Crippen molar-refractivity contribution in [2.75, 3.05) is 7.11 Å². The molecule has 0 unspecified atom stereocenters. The number of hydrogen-bond acceptors (Lipinski definition) is 5. The summed E-state index contributed by atoms with van der Waals surface area (Å²) in [6.45, 7) is 1.62. The normalized spacial score (nSPS) is 10.8. The summed E-state index contributed by atoms with van der Waals surface area (Å²) in [6.07, 6.45) is 1.33. The van der Waals surface area contributed by atoms with Gasteiger partial charge in [-0.2, -0.15) is 0 Å². The number of fused-ring (bicyclic) bond motifs is 1. The Morgan fingerprint density at radius 2 is 1.77 bits per heavy atom. The third-order valence-corrected chi connectivity index (χ3v) is 3.65. The van der Waals surface area contributed by atoms with Crippen molar-refractivity contribution in [3.8, 4) is 28.4 Å². The van der Waals surface area contributed by atoms with Gasteiger partial charge in [-0.1, -0.05) is 12.1 Å². The average molecular weight is 298 g/mol. The predicted octanol–water partition coefficient (Wildman–Crippen LogP) is 3.19. The fourth-order valence-corrected chi connectivity index (χ4v) is 2.37. The number of aryl methyl sites for hydroxylation is 1. The Morgan fingerprint density at radius 3 is 2.41 bits per heavy atom. The van der Waals surface area contributed by atoms with Crippen LogP contribution in [0, 0.1) is 6.92 Å². The average Bonchev–Trinajstić information content (AvgIpc) is 2.52. The summed E-state index contributed by atoms with van der Waals surface area (Å²) in [4.78, 5) is 12.6. The van der Waals surface area contributed by atoms with Crippen LogP contribution in [0.15, 0.2) is 45.8 Å². The largest absolute Gasteiger partial charge is 0.507 e. The highest BCUT2D eigenvalue weighted by Gasteiger charge is 2.16. The Morgan fingerprint density at radius 1 is 1.09 bits per heavy atom. The minimum Gasteiger partial charge on any atom is -0.507 e. The lowest BCUT2D eigenvalue weighted by Gasteiger charge is -2.08. The van der Waals surface area contributed by atoms with Crippen molar-refractivity contribution in [1.82, 2.24) is 0 Å². The van der Waals surface area contributed by atoms with Crippen molar-refractivity contribution in [3.63, 3.8) is 0 Å². The fourth-order valence-electron chi connectivity index (χ4n) is 2.37. The van der Waals surface area contributed by atoms with Crippen LogP contribution in [-0.2, 0) is 0 Å². The van der Waals surface area contributed by atoms with Crippen molar-refractivity contribution < 1.29 is 19.4 Å². The van der Waals surface area contributed by atoms with Crippen LogP contribution in [0.1, 0.15) is 5.56 Å². The molecule has 0 atom stereocenters. The molecule has 0 aliphatic rings. The Labute approximate surface area is 126 Å². The summed E-state index contributed by atoms with van der Waals surface area (Å²) >= 11 is 0. The maximum absolute atomic E-state index is 12.6. The van der Waals surface area contributed by atoms with E-state index in [0.29, 0.717) is 22.4 Å². The molecule has 5 nitrogen and oxygen atoms in total. The molecule has 3 rings (SSSR count). The van der Waals surface area contributed by atoms with E-state index >= 15 is 0 Å². The van der Waals surface area contributed by atoms with Crippen molar-refractivity contribution in [3.05, 3.63) is 52.4 Å². The van der Waals surface area contributed by atoms with Crippen LogP contribution < -0.4 is 10.2 Å². The van der Waals surface area contributed by atoms with Gasteiger partial charge in [-0.15, -0.1) is 0 Å². The number of ether oxygens (including phenoxy) is 1. The maximum Gasteiger partial charge on any atom is 0.204 e. The monoisotopic (exact) mass is 298 g/mol. The minimum atomic E-state index is -0.355. The first-order valence-electron chi connectivity index (χ1n) is 6.64. The van der Waals surface area contributed by atoms with E-state index in [4.69, 9.17) is 9.15 Å². The summed E-state index contributed by atoms with van der Waals surface area (Å²) in [7, 11) is 1.56. The highest BCUT2D eigenvalue weighted by molar-refractivity contribution is 5.90. The van der Waals surface area contributed by atoms with E-state index < -0.39 is 0 Å². The topological polar surface area (TPSA) is 79.9 Å². The number of benzene rings is 2. The lowest BCUT2D eigenvalue weighted by atomic mass is 10.0. The van der Waals surface area contributed by atoms with Gasteiger partial charge in [-0.3, -0.25) is 4.79 Å². The van der Waals surface area contributed by atoms with Crippen LogP contribution in [-0.4, -0.2) is 17.3 Å². The first kappa shape index (κ1) is 14.0. The van der Waals surface area contributed by atoms with E-state index in [0.717, 1.165) is 6.07 Å². The number of aromatic hydroxyl groups is 2. The van der Waals surface area contributed by atoms with Crippen LogP contribution >= 0.6 is 0 Å². The third kappa shape index (κ3) is 2.07. The molecular formula is C17H14O5. The molecule has 2 N–H and O–H groups in total. The van der Waals surface area contributed by atoms with Gasteiger partial charge in [-0.25, -0.2) is 0 Å². The minimum absolute atomic E-state index is 0.0589. The van der Waals surface area contributed by atoms with Gasteiger partial charge in [0.15, 0.2) is 0 Å². The number of phenols is 2. The summed E-state index contributed by atoms with van der Waals surface area (Å²) in [6, 6.07) is 8.09. The molecule has 1 aromatic heterocycles. The zero-order valence-corrected chi connectivity index (χ0v) is 12.1. The van der Waals surface area contributed by atoms with E-state index in [9.17, 15) is 15.0 Å². The van der Waals surface area contributed by atoms with Crippen molar-refractivity contribution >= 4 is 11.0 Å². The van der Waals surface area contributed by atoms with E-state index in [1.807, 2.05) is 0 Å². The fraction of sp³-hybridized carbons (Fsp3) is 0.118. The Hall–Kier alpha value is -2.95. The van der Waals surface area contributed by atoms with Gasteiger partial charge in [0, 0.05) is 11.6 Å². The van der Waals surface area contributed by atoms with Gasteiger partial charge in [0.05, 0.1) is 12.7 Å². The second kappa shape index (κ2) is 5.11. The predicted molar refractivity (Wildman–Crippen MR) is 82.5 cm³/mol. The number of rotatable bonds is 2. The van der Waals surface area contributed by atoms with Crippen LogP contribution in [0.4, 0.5) is 0 Å². The molecule has 2 aromatic carbocycles. The number of methoxy groups -OCH3 is 1. The Balaban J connectivity index is 2.28. The molecule has 22 heavy (non-hydrogen) atoms. The molecule has 0 fully saturated rings. The summed E-state index contributed by atoms with van der Waals surface area (Å²) in [5.74, 6) is 0.255. The second-order valence-electron chi connectivity index (χ2n) is 4.95. The quantitative estimate of drug-likeness (QED) is 0.759. The van der Waals surface area contributed by atoms with Crippen LogP contribution in [0.5, 0.6) is 17.2 Å². The van der Waals surface area contributed by atoms with E-state index in [-0.39, 0.29) is 27.9 Å². The zero-order valence-electron chi connectivity index (χ0n) is 12.1. The molecule has 1 heterocycles. The Bertz CT molecular complexity index is 907. The van der Waals surface area contributed by atoms with Crippen LogP contribution in [0.25, 0.3) is 22.1 Å². The standard InChI is InChI=1S/C17H14O5/c1-9-13(18)7-14(19)15-16(20)12(8-22-17(9)15)10-3-5-11(21-2)6-4-10/h3-8,18-19H,1-2H3. The summed E-state index contributed by atoms with van der Waals surface area (Å²) in [5, 5.41) is 19.7. The van der Waals surface area contributed by atoms with Gasteiger partial charge >= 0.3 is 0 Å². The Kier molecular flexibility index (Phi) is 3.25. The molecule has 0 saturated heterocycles. The first-order chi connectivity index (χ1) is 10.5. The molecule has 0 aliphatic carbocycles. The van der Waals surface area contributed by atoms with Gasteiger partial charge in [0.1, 0.15) is 34.5 Å². The lowest BCUT2D eigenvalue weighted by Crippen LogP contribution is -2.05. The van der Waals surface area contributed by atoms with Crippen molar-refractivity contribution in [1.29, 1.82) is 0 Å². The molecule has 112 valence electrons. The smallest absolute Gasteiger partial charge is 0.204 e. The van der Waals surface area contributed by atoms with Crippen LogP contribution in [0.3, 0.4) is 0 Å². The molecular weight excluding hydrogens is 284 g/mol. The molecule has 0 saturated carbocycles. The summed E-state index contributed by atoms with van der Waals surface area (Å²) < 4.78 is 10.6. The molecule has 0 radical (unpaired) electrons. The molecule has 5 heteroatoms. The lowest BCUT2D eigenvalue weighted by molar-refractivity contribution is 0.415. The first-order valence-corrected chi connectivity index (χ1v) is 6.64. The third-order valence-electron chi connectivity index (χ3n) is 3.65. The van der Waals surface area contributed by atoms with Crippen LogP contribution in [0.2, 0.25) is 0 Å². The van der Waals surface area contributed by atoms with Gasteiger partial charge in [-0.05, 0) is 24.6 Å². The van der Waals surface area contributed by atoms with Crippen molar-refractivity contribution in [2.45, 2.75) is 6.92 Å².